The van der Waals surface area contributed by atoms with Gasteiger partial charge in [0.15, 0.2) is 12.5 Å². The van der Waals surface area contributed by atoms with E-state index in [-0.39, 0.29) is 5.78 Å². The van der Waals surface area contributed by atoms with E-state index in [9.17, 15) is 4.79 Å². The number of ether oxygens (including phenoxy) is 3. The number of hydrogen-bond acceptors (Lipinski definition) is 9. The summed E-state index contributed by atoms with van der Waals surface area (Å²) in [5.74, 6) is 1.19. The molecule has 0 aliphatic heterocycles. The van der Waals surface area contributed by atoms with Crippen LogP contribution in [0.3, 0.4) is 0 Å². The molecule has 0 saturated carbocycles. The highest BCUT2D eigenvalue weighted by molar-refractivity contribution is 5.94. The zero-order valence-corrected chi connectivity index (χ0v) is 43.2. The van der Waals surface area contributed by atoms with Crippen molar-refractivity contribution in [3.63, 3.8) is 0 Å². The minimum absolute atomic E-state index is 0.0217. The van der Waals surface area contributed by atoms with Crippen molar-refractivity contribution in [2.24, 2.45) is 10.2 Å². The molecule has 0 aromatic heterocycles. The molecule has 0 unspecified atom stereocenters. The van der Waals surface area contributed by atoms with Gasteiger partial charge in [-0.05, 0) is 141 Å². The van der Waals surface area contributed by atoms with E-state index < -0.39 is 0 Å². The van der Waals surface area contributed by atoms with Crippen molar-refractivity contribution in [1.29, 1.82) is 0 Å². The van der Waals surface area contributed by atoms with Gasteiger partial charge in [0.25, 0.3) is 0 Å². The summed E-state index contributed by atoms with van der Waals surface area (Å²) in [5, 5.41) is 15.3. The minimum Gasteiger partial charge on any atom is -0.497 e. The van der Waals surface area contributed by atoms with Crippen molar-refractivity contribution in [3.8, 4) is 11.5 Å². The van der Waals surface area contributed by atoms with E-state index in [0.717, 1.165) is 68.1 Å². The molecule has 0 spiro atoms. The Bertz CT molecular complexity index is 2160. The maximum absolute atomic E-state index is 11.9. The molecule has 0 aliphatic carbocycles. The van der Waals surface area contributed by atoms with E-state index >= 15 is 0 Å². The van der Waals surface area contributed by atoms with Gasteiger partial charge in [-0.1, -0.05) is 116 Å². The Morgan fingerprint density at radius 3 is 1.55 bits per heavy atom. The lowest BCUT2D eigenvalue weighted by Crippen LogP contribution is -2.13. The van der Waals surface area contributed by atoms with Crippen LogP contribution in [0.5, 0.6) is 11.5 Å². The van der Waals surface area contributed by atoms with Gasteiger partial charge in [0, 0.05) is 63.0 Å². The standard InChI is InChI=1S/C32H42N2O3.C15H17N3.C11H24O/c1-8-24-13-22(14-25(9-2)31(24)33-6)12-23-15-26(10-3)32(27(11-4)16-23)34-20-37-30-18-28(21(5)35)17-29(19-30)36-7;1-12-4-6-13(7-5-12)16-17-14-8-10-15(11-9-14)18(2)3;1-3-5-7-9-11-12-10-8-6-4-2/h13-19,33-34H,8-12,20H2,1-7H3;4-11H,1-3H3;3-11H2,1-2H3. The minimum atomic E-state index is -0.0217. The van der Waals surface area contributed by atoms with Gasteiger partial charge in [0.05, 0.1) is 18.5 Å². The summed E-state index contributed by atoms with van der Waals surface area (Å²) < 4.78 is 16.8. The first-order valence-electron chi connectivity index (χ1n) is 24.8. The largest absolute Gasteiger partial charge is 0.497 e. The highest BCUT2D eigenvalue weighted by atomic mass is 16.5. The van der Waals surface area contributed by atoms with Crippen molar-refractivity contribution in [2.75, 3.05) is 63.7 Å². The molecule has 0 saturated heterocycles. The van der Waals surface area contributed by atoms with Gasteiger partial charge in [0.1, 0.15) is 11.5 Å². The molecular formula is C58H83N5O4. The molecule has 0 heterocycles. The fourth-order valence-corrected chi connectivity index (χ4v) is 7.68. The molecule has 9 heteroatoms. The van der Waals surface area contributed by atoms with Gasteiger partial charge >= 0.3 is 0 Å². The Morgan fingerprint density at radius 2 is 1.09 bits per heavy atom. The molecule has 9 nitrogen and oxygen atoms in total. The predicted molar refractivity (Wildman–Crippen MR) is 285 cm³/mol. The molecule has 2 N–H and O–H groups in total. The first-order valence-corrected chi connectivity index (χ1v) is 24.8. The average Bonchev–Trinajstić information content (AvgIpc) is 3.34. The number of carbonyl (C=O) groups excluding carboxylic acids is 1. The van der Waals surface area contributed by atoms with Gasteiger partial charge in [-0.2, -0.15) is 10.2 Å². The molecule has 0 amide bonds. The Hall–Kier alpha value is -5.67. The first kappa shape index (κ1) is 55.7. The summed E-state index contributed by atoms with van der Waals surface area (Å²) >= 11 is 0. The second kappa shape index (κ2) is 31.3. The van der Waals surface area contributed by atoms with E-state index in [1.54, 1.807) is 32.2 Å². The number of anilines is 3. The van der Waals surface area contributed by atoms with Gasteiger partial charge in [-0.15, -0.1) is 0 Å². The van der Waals surface area contributed by atoms with Crippen molar-refractivity contribution in [1.82, 2.24) is 0 Å². The monoisotopic (exact) mass is 914 g/mol. The number of ketones is 1. The smallest absolute Gasteiger partial charge is 0.160 e. The molecular weight excluding hydrogens is 831 g/mol. The lowest BCUT2D eigenvalue weighted by molar-refractivity contribution is 0.101. The molecule has 5 rings (SSSR count). The molecule has 67 heavy (non-hydrogen) atoms. The quantitative estimate of drug-likeness (QED) is 0.0260. The number of nitrogens with zero attached hydrogens (tertiary/aromatic N) is 3. The number of rotatable bonds is 25. The third-order valence-electron chi connectivity index (χ3n) is 11.6. The van der Waals surface area contributed by atoms with Crippen LogP contribution in [0.1, 0.15) is 143 Å². The summed E-state index contributed by atoms with van der Waals surface area (Å²) in [6.45, 7) is 19.1. The maximum Gasteiger partial charge on any atom is 0.160 e. The van der Waals surface area contributed by atoms with Crippen LogP contribution >= 0.6 is 0 Å². The third-order valence-corrected chi connectivity index (χ3v) is 11.6. The van der Waals surface area contributed by atoms with Gasteiger partial charge in [0.2, 0.25) is 0 Å². The molecule has 0 radical (unpaired) electrons. The van der Waals surface area contributed by atoms with Crippen LogP contribution in [0.4, 0.5) is 28.4 Å². The first-order chi connectivity index (χ1) is 32.4. The average molecular weight is 914 g/mol. The normalized spacial score (nSPS) is 10.7. The van der Waals surface area contributed by atoms with Crippen molar-refractivity contribution in [2.45, 2.75) is 132 Å². The zero-order valence-electron chi connectivity index (χ0n) is 43.2. The Balaban J connectivity index is 0.000000326. The van der Waals surface area contributed by atoms with Crippen molar-refractivity contribution < 1.29 is 19.0 Å². The number of nitrogens with one attached hydrogen (secondary N) is 2. The van der Waals surface area contributed by atoms with Gasteiger partial charge < -0.3 is 29.7 Å². The van der Waals surface area contributed by atoms with Crippen molar-refractivity contribution in [3.05, 3.63) is 136 Å². The lowest BCUT2D eigenvalue weighted by atomic mass is 9.92. The van der Waals surface area contributed by atoms with Gasteiger partial charge in [-0.25, -0.2) is 0 Å². The molecule has 5 aromatic carbocycles. The van der Waals surface area contributed by atoms with E-state index in [1.165, 1.54) is 89.6 Å². The number of azo groups is 1. The Morgan fingerprint density at radius 1 is 0.612 bits per heavy atom. The number of unbranched alkanes of at least 4 members (excludes halogenated alkanes) is 5. The molecule has 0 aliphatic rings. The maximum atomic E-state index is 11.9. The zero-order chi connectivity index (χ0) is 49.0. The van der Waals surface area contributed by atoms with E-state index in [1.807, 2.05) is 69.7 Å². The molecule has 5 aromatic rings. The van der Waals surface area contributed by atoms with Crippen molar-refractivity contribution >= 4 is 34.2 Å². The van der Waals surface area contributed by atoms with Crippen LogP contribution in [-0.4, -0.2) is 54.0 Å². The fraction of sp³-hybridized carbons (Fsp3) is 0.466. The number of benzene rings is 5. The van der Waals surface area contributed by atoms with Crippen LogP contribution in [0, 0.1) is 6.92 Å². The number of carbonyl (C=O) groups is 1. The van der Waals surface area contributed by atoms with E-state index in [2.05, 4.69) is 98.5 Å². The Labute approximate surface area is 405 Å². The van der Waals surface area contributed by atoms with Crippen LogP contribution in [-0.2, 0) is 36.8 Å². The van der Waals surface area contributed by atoms with Crippen LogP contribution in [0.15, 0.2) is 101 Å². The van der Waals surface area contributed by atoms with E-state index in [0.29, 0.717) is 23.8 Å². The lowest BCUT2D eigenvalue weighted by Gasteiger charge is -2.19. The van der Waals surface area contributed by atoms with Crippen LogP contribution < -0.4 is 25.0 Å². The summed E-state index contributed by atoms with van der Waals surface area (Å²) in [6, 6.07) is 30.6. The molecule has 0 bridgehead atoms. The molecule has 0 atom stereocenters. The second-order valence-corrected chi connectivity index (χ2v) is 17.2. The van der Waals surface area contributed by atoms with Crippen LogP contribution in [0.2, 0.25) is 0 Å². The highest BCUT2D eigenvalue weighted by Gasteiger charge is 2.13. The van der Waals surface area contributed by atoms with E-state index in [4.69, 9.17) is 14.2 Å². The number of aryl methyl sites for hydroxylation is 5. The third kappa shape index (κ3) is 19.6. The predicted octanol–water partition coefficient (Wildman–Crippen LogP) is 15.5. The molecule has 0 fully saturated rings. The van der Waals surface area contributed by atoms with Crippen LogP contribution in [0.25, 0.3) is 0 Å². The summed E-state index contributed by atoms with van der Waals surface area (Å²) in [4.78, 5) is 13.9. The SMILES string of the molecule is CCCCCCOCCCCC.CCc1cc(Cc2cc(CC)c(NCOc3cc(OC)cc(C(C)=O)c3)c(CC)c2)cc(CC)c1NC.Cc1ccc(N=Nc2ccc(N(C)C)cc2)cc1. The summed E-state index contributed by atoms with van der Waals surface area (Å²) in [7, 11) is 7.64. The fourth-order valence-electron chi connectivity index (χ4n) is 7.68. The second-order valence-electron chi connectivity index (χ2n) is 17.2. The summed E-state index contributed by atoms with van der Waals surface area (Å²) in [6.07, 6.45) is 13.9. The number of Topliss-reactive ketones (excluding diaryl/α,β-unsaturated/α-hetero) is 1. The Kier molecular flexibility index (Phi) is 26.0. The topological polar surface area (TPSA) is 96.8 Å². The highest BCUT2D eigenvalue weighted by Crippen LogP contribution is 2.30. The van der Waals surface area contributed by atoms with Gasteiger partial charge in [-0.3, -0.25) is 4.79 Å². The number of methoxy groups -OCH3 is 1. The molecule has 364 valence electrons. The number of hydrogen-bond donors (Lipinski definition) is 2. The summed E-state index contributed by atoms with van der Waals surface area (Å²) in [5.41, 5.74) is 15.1.